The second-order valence-corrected chi connectivity index (χ2v) is 13.3. The van der Waals surface area contributed by atoms with Crippen LogP contribution in [0.4, 0.5) is 0 Å². The van der Waals surface area contributed by atoms with Crippen molar-refractivity contribution in [1.29, 1.82) is 0 Å². The van der Waals surface area contributed by atoms with Crippen molar-refractivity contribution in [3.63, 3.8) is 0 Å². The zero-order valence-corrected chi connectivity index (χ0v) is 14.1. The Kier molecular flexibility index (Phi) is 2.70. The molecule has 2 saturated carbocycles. The van der Waals surface area contributed by atoms with Crippen molar-refractivity contribution in [2.45, 2.75) is 88.5 Å². The van der Waals surface area contributed by atoms with Crippen molar-refractivity contribution in [2.75, 3.05) is 0 Å². The van der Waals surface area contributed by atoms with Gasteiger partial charge in [-0.1, -0.05) is 20.8 Å². The van der Waals surface area contributed by atoms with Gasteiger partial charge in [0, 0.05) is 6.42 Å². The fourth-order valence-electron chi connectivity index (χ4n) is 3.90. The predicted octanol–water partition coefficient (Wildman–Crippen LogP) is 3.08. The van der Waals surface area contributed by atoms with Crippen LogP contribution >= 0.6 is 0 Å². The first-order valence-electron chi connectivity index (χ1n) is 7.58. The summed E-state index contributed by atoms with van der Waals surface area (Å²) in [6, 6.07) is 0. The minimum atomic E-state index is -1.81. The Labute approximate surface area is 117 Å². The second kappa shape index (κ2) is 3.64. The van der Waals surface area contributed by atoms with Gasteiger partial charge in [-0.3, -0.25) is 0 Å². The lowest BCUT2D eigenvalue weighted by atomic mass is 9.92. The average Bonchev–Trinajstić information content (AvgIpc) is 2.64. The molecule has 0 aromatic heterocycles. The standard InChI is InChI=1S/C15H28O3Si/c1-10-7-14(16)8-11-9-15(11,12(14)17-10)18-19(5,6)13(2,3)4/h10-12,16H,7-9H2,1-6H3/t10-,11+,12-,14+,15+/m0/s1. The molecule has 0 spiro atoms. The van der Waals surface area contributed by atoms with E-state index in [2.05, 4.69) is 40.8 Å². The number of fused-ring (bicyclic) bond motifs is 3. The summed E-state index contributed by atoms with van der Waals surface area (Å²) < 4.78 is 12.8. The smallest absolute Gasteiger partial charge is 0.192 e. The molecular formula is C15H28O3Si. The molecule has 1 N–H and O–H groups in total. The third kappa shape index (κ3) is 1.87. The molecule has 19 heavy (non-hydrogen) atoms. The topological polar surface area (TPSA) is 38.7 Å². The van der Waals surface area contributed by atoms with E-state index in [0.717, 1.165) is 19.3 Å². The van der Waals surface area contributed by atoms with E-state index in [1.807, 2.05) is 0 Å². The number of ether oxygens (including phenoxy) is 1. The Balaban J connectivity index is 1.83. The predicted molar refractivity (Wildman–Crippen MR) is 77.6 cm³/mol. The van der Waals surface area contributed by atoms with Crippen molar-refractivity contribution in [2.24, 2.45) is 5.92 Å². The fraction of sp³-hybridized carbons (Fsp3) is 1.00. The van der Waals surface area contributed by atoms with Crippen LogP contribution in [0.1, 0.15) is 47.0 Å². The third-order valence-corrected chi connectivity index (χ3v) is 10.4. The summed E-state index contributed by atoms with van der Waals surface area (Å²) >= 11 is 0. The molecule has 0 amide bonds. The highest BCUT2D eigenvalue weighted by Crippen LogP contribution is 2.67. The van der Waals surface area contributed by atoms with Gasteiger partial charge in [0.1, 0.15) is 6.10 Å². The van der Waals surface area contributed by atoms with Crippen LogP contribution in [0.15, 0.2) is 0 Å². The molecule has 110 valence electrons. The molecule has 0 aromatic carbocycles. The molecule has 0 radical (unpaired) electrons. The maximum atomic E-state index is 10.8. The molecule has 1 heterocycles. The first kappa shape index (κ1) is 14.1. The van der Waals surface area contributed by atoms with Crippen LogP contribution < -0.4 is 0 Å². The van der Waals surface area contributed by atoms with Crippen LogP contribution in [0.3, 0.4) is 0 Å². The Morgan fingerprint density at radius 2 is 1.84 bits per heavy atom. The van der Waals surface area contributed by atoms with Crippen molar-refractivity contribution in [1.82, 2.24) is 0 Å². The molecule has 1 saturated heterocycles. The number of aliphatic hydroxyl groups is 1. The lowest BCUT2D eigenvalue weighted by Crippen LogP contribution is -2.51. The summed E-state index contributed by atoms with van der Waals surface area (Å²) in [4.78, 5) is 0. The van der Waals surface area contributed by atoms with Gasteiger partial charge in [0.2, 0.25) is 0 Å². The van der Waals surface area contributed by atoms with E-state index in [1.165, 1.54) is 0 Å². The zero-order valence-electron chi connectivity index (χ0n) is 13.1. The molecule has 5 atom stereocenters. The Hall–Kier alpha value is 0.0969. The summed E-state index contributed by atoms with van der Waals surface area (Å²) in [5.74, 6) is 0.518. The van der Waals surface area contributed by atoms with Crippen LogP contribution in [-0.2, 0) is 9.16 Å². The van der Waals surface area contributed by atoms with Gasteiger partial charge < -0.3 is 14.3 Å². The lowest BCUT2D eigenvalue weighted by molar-refractivity contribution is -0.0887. The van der Waals surface area contributed by atoms with Gasteiger partial charge in [-0.05, 0) is 43.8 Å². The lowest BCUT2D eigenvalue weighted by Gasteiger charge is -2.41. The molecule has 1 aliphatic heterocycles. The largest absolute Gasteiger partial charge is 0.408 e. The van der Waals surface area contributed by atoms with Gasteiger partial charge in [-0.2, -0.15) is 0 Å². The highest BCUT2D eigenvalue weighted by molar-refractivity contribution is 6.74. The van der Waals surface area contributed by atoms with Crippen LogP contribution in [0.2, 0.25) is 18.1 Å². The SMILES string of the molecule is C[C@H]1C[C@@]2(O)C[C@@H]3C[C@]3(O[Si](C)(C)C(C)(C)C)[C@H]2O1. The highest BCUT2D eigenvalue weighted by atomic mass is 28.4. The Bertz CT molecular complexity index is 403. The van der Waals surface area contributed by atoms with Crippen LogP contribution in [0, 0.1) is 5.92 Å². The van der Waals surface area contributed by atoms with Gasteiger partial charge in [0.15, 0.2) is 8.32 Å². The number of hydrogen-bond donors (Lipinski definition) is 1. The van der Waals surface area contributed by atoms with E-state index in [0.29, 0.717) is 5.92 Å². The van der Waals surface area contributed by atoms with Crippen LogP contribution in [0.25, 0.3) is 0 Å². The number of hydrogen-bond acceptors (Lipinski definition) is 3. The van der Waals surface area contributed by atoms with Gasteiger partial charge >= 0.3 is 0 Å². The van der Waals surface area contributed by atoms with E-state index in [-0.39, 0.29) is 22.8 Å². The van der Waals surface area contributed by atoms with Crippen LogP contribution in [0.5, 0.6) is 0 Å². The van der Waals surface area contributed by atoms with E-state index in [4.69, 9.17) is 9.16 Å². The quantitative estimate of drug-likeness (QED) is 0.792. The monoisotopic (exact) mass is 284 g/mol. The van der Waals surface area contributed by atoms with Crippen LogP contribution in [-0.4, -0.2) is 36.8 Å². The molecule has 3 fully saturated rings. The summed E-state index contributed by atoms with van der Waals surface area (Å²) in [5.41, 5.74) is -0.785. The third-order valence-electron chi connectivity index (χ3n) is 5.89. The van der Waals surface area contributed by atoms with E-state index >= 15 is 0 Å². The highest BCUT2D eigenvalue weighted by Gasteiger charge is 2.76. The minimum absolute atomic E-state index is 0.0888. The Morgan fingerprint density at radius 3 is 2.42 bits per heavy atom. The number of rotatable bonds is 2. The fourth-order valence-corrected chi connectivity index (χ4v) is 5.51. The summed E-state index contributed by atoms with van der Waals surface area (Å²) in [7, 11) is -1.81. The molecule has 2 aliphatic carbocycles. The maximum Gasteiger partial charge on any atom is 0.192 e. The van der Waals surface area contributed by atoms with Crippen molar-refractivity contribution in [3.8, 4) is 0 Å². The van der Waals surface area contributed by atoms with Crippen molar-refractivity contribution < 1.29 is 14.3 Å². The maximum absolute atomic E-state index is 10.8. The van der Waals surface area contributed by atoms with Crippen molar-refractivity contribution >= 4 is 8.32 Å². The Morgan fingerprint density at radius 1 is 1.21 bits per heavy atom. The molecule has 3 aliphatic rings. The minimum Gasteiger partial charge on any atom is -0.408 e. The summed E-state index contributed by atoms with van der Waals surface area (Å²) in [5, 5.41) is 11.0. The zero-order chi connectivity index (χ0) is 14.3. The van der Waals surface area contributed by atoms with Gasteiger partial charge in [0.05, 0.1) is 17.3 Å². The van der Waals surface area contributed by atoms with E-state index in [9.17, 15) is 5.11 Å². The molecule has 4 heteroatoms. The van der Waals surface area contributed by atoms with Gasteiger partial charge in [0.25, 0.3) is 0 Å². The second-order valence-electron chi connectivity index (χ2n) is 8.56. The van der Waals surface area contributed by atoms with Gasteiger partial charge in [-0.15, -0.1) is 0 Å². The molecule has 3 rings (SSSR count). The molecule has 0 unspecified atom stereocenters. The van der Waals surface area contributed by atoms with E-state index in [1.54, 1.807) is 0 Å². The molecule has 0 aromatic rings. The first-order valence-corrected chi connectivity index (χ1v) is 10.5. The molecule has 3 nitrogen and oxygen atoms in total. The first-order chi connectivity index (χ1) is 8.50. The van der Waals surface area contributed by atoms with Gasteiger partial charge in [-0.25, -0.2) is 0 Å². The summed E-state index contributed by atoms with van der Waals surface area (Å²) in [6.45, 7) is 13.5. The molecular weight excluding hydrogens is 256 g/mol. The summed E-state index contributed by atoms with van der Waals surface area (Å²) in [6.07, 6.45) is 2.80. The normalized spacial score (nSPS) is 49.1. The molecule has 0 bridgehead atoms. The van der Waals surface area contributed by atoms with E-state index < -0.39 is 13.9 Å². The van der Waals surface area contributed by atoms with Crippen molar-refractivity contribution in [3.05, 3.63) is 0 Å². The average molecular weight is 284 g/mol.